The van der Waals surface area contributed by atoms with E-state index >= 15 is 0 Å². The van der Waals surface area contributed by atoms with Crippen molar-refractivity contribution in [1.29, 1.82) is 0 Å². The molecule has 4 nitrogen and oxygen atoms in total. The van der Waals surface area contributed by atoms with E-state index < -0.39 is 0 Å². The number of carbonyl (C=O) groups excluding carboxylic acids is 1. The van der Waals surface area contributed by atoms with Gasteiger partial charge in [0.25, 0.3) is 0 Å². The number of ether oxygens (including phenoxy) is 1. The third kappa shape index (κ3) is 4.06. The summed E-state index contributed by atoms with van der Waals surface area (Å²) >= 11 is 7.53. The lowest BCUT2D eigenvalue weighted by atomic mass is 10.5. The monoisotopic (exact) mass is 262 g/mol. The fraction of sp³-hybridized carbons (Fsp3) is 0.250. The molecule has 0 saturated heterocycles. The molecule has 0 aliphatic heterocycles. The Morgan fingerprint density at radius 3 is 3.13 bits per heavy atom. The lowest BCUT2D eigenvalue weighted by molar-refractivity contribution is 0.0606. The summed E-state index contributed by atoms with van der Waals surface area (Å²) < 4.78 is 4.60. The molecular weight excluding hydrogens is 252 g/mol. The topological polar surface area (TPSA) is 64.3 Å². The van der Waals surface area contributed by atoms with Crippen LogP contribution in [0.15, 0.2) is 16.3 Å². The lowest BCUT2D eigenvalue weighted by Crippen LogP contribution is -2.28. The van der Waals surface area contributed by atoms with Crippen molar-refractivity contribution in [3.63, 3.8) is 0 Å². The van der Waals surface area contributed by atoms with E-state index in [4.69, 9.17) is 5.73 Å². The number of rotatable bonds is 4. The van der Waals surface area contributed by atoms with Crippen LogP contribution in [0.25, 0.3) is 0 Å². The van der Waals surface area contributed by atoms with E-state index in [2.05, 4.69) is 22.3 Å². The molecule has 0 unspecified atom stereocenters. The van der Waals surface area contributed by atoms with Crippen molar-refractivity contribution in [2.45, 2.75) is 4.90 Å². The smallest absolute Gasteiger partial charge is 0.348 e. The van der Waals surface area contributed by atoms with Crippen molar-refractivity contribution in [3.8, 4) is 0 Å². The molecule has 82 valence electrons. The average Bonchev–Trinajstić information content (AvgIpc) is 2.65. The van der Waals surface area contributed by atoms with Crippen molar-refractivity contribution < 1.29 is 9.53 Å². The predicted octanol–water partition coefficient (Wildman–Crippen LogP) is 1.42. The van der Waals surface area contributed by atoms with Crippen LogP contribution in [0.5, 0.6) is 0 Å². The van der Waals surface area contributed by atoms with Gasteiger partial charge in [-0.2, -0.15) is 0 Å². The lowest BCUT2D eigenvalue weighted by Gasteiger charge is -2.00. The van der Waals surface area contributed by atoms with E-state index in [0.717, 1.165) is 4.90 Å². The molecule has 0 amide bonds. The minimum absolute atomic E-state index is 0.269. The van der Waals surface area contributed by atoms with Gasteiger partial charge in [-0.1, -0.05) is 0 Å². The van der Waals surface area contributed by atoms with E-state index in [1.165, 1.54) is 30.2 Å². The van der Waals surface area contributed by atoms with Gasteiger partial charge in [0.05, 0.1) is 13.0 Å². The first-order chi connectivity index (χ1) is 7.13. The third-order valence-electron chi connectivity index (χ3n) is 1.45. The predicted molar refractivity (Wildman–Crippen MR) is 66.3 cm³/mol. The first kappa shape index (κ1) is 12.3. The molecule has 0 aromatic carbocycles. The molecule has 0 aliphatic carbocycles. The maximum absolute atomic E-state index is 11.1. The van der Waals surface area contributed by atoms with Crippen LogP contribution in [0, 0.1) is 0 Å². The number of nitrogens with two attached hydrogens (primary N) is 1. The standard InChI is InChI=1S/C8H10N2O2S3/c1-12-7(11)6-2-5(3-14-6)15-4-10-8(9)13/h2-3H,4H2,1H3,(H3,9,10,13). The van der Waals surface area contributed by atoms with Crippen molar-refractivity contribution in [1.82, 2.24) is 5.32 Å². The van der Waals surface area contributed by atoms with Crippen molar-refractivity contribution in [2.24, 2.45) is 5.73 Å². The summed E-state index contributed by atoms with van der Waals surface area (Å²) in [6, 6.07) is 1.78. The van der Waals surface area contributed by atoms with Gasteiger partial charge in [0, 0.05) is 10.3 Å². The number of nitrogens with one attached hydrogen (secondary N) is 1. The van der Waals surface area contributed by atoms with E-state index in [1.807, 2.05) is 5.38 Å². The molecule has 1 rings (SSSR count). The Balaban J connectivity index is 2.46. The number of hydrogen-bond donors (Lipinski definition) is 2. The summed E-state index contributed by atoms with van der Waals surface area (Å²) in [5.41, 5.74) is 5.27. The van der Waals surface area contributed by atoms with E-state index in [1.54, 1.807) is 6.07 Å². The van der Waals surface area contributed by atoms with Crippen LogP contribution in [-0.2, 0) is 4.74 Å². The molecule has 0 atom stereocenters. The van der Waals surface area contributed by atoms with Crippen molar-refractivity contribution in [3.05, 3.63) is 16.3 Å². The normalized spacial score (nSPS) is 9.67. The highest BCUT2D eigenvalue weighted by Crippen LogP contribution is 2.24. The van der Waals surface area contributed by atoms with Crippen molar-refractivity contribution in [2.75, 3.05) is 13.0 Å². The molecule has 0 bridgehead atoms. The number of methoxy groups -OCH3 is 1. The van der Waals surface area contributed by atoms with Crippen LogP contribution in [0.2, 0.25) is 0 Å². The Hall–Kier alpha value is -0.790. The fourth-order valence-electron chi connectivity index (χ4n) is 0.793. The molecule has 0 spiro atoms. The van der Waals surface area contributed by atoms with Gasteiger partial charge in [-0.25, -0.2) is 4.79 Å². The van der Waals surface area contributed by atoms with E-state index in [-0.39, 0.29) is 11.1 Å². The Morgan fingerprint density at radius 1 is 1.80 bits per heavy atom. The number of thiophene rings is 1. The van der Waals surface area contributed by atoms with Crippen molar-refractivity contribution >= 4 is 46.4 Å². The Kier molecular flexibility index (Phi) is 4.86. The number of hydrogen-bond acceptors (Lipinski definition) is 5. The molecule has 1 heterocycles. The largest absolute Gasteiger partial charge is 0.465 e. The summed E-state index contributed by atoms with van der Waals surface area (Å²) in [5.74, 6) is 0.279. The molecular formula is C8H10N2O2S3. The summed E-state index contributed by atoms with van der Waals surface area (Å²) in [6.45, 7) is 0. The molecule has 0 radical (unpaired) electrons. The zero-order valence-corrected chi connectivity index (χ0v) is 10.4. The second-order valence-electron chi connectivity index (χ2n) is 2.47. The summed E-state index contributed by atoms with van der Waals surface area (Å²) in [7, 11) is 1.36. The second kappa shape index (κ2) is 5.94. The molecule has 1 aromatic heterocycles. The molecule has 0 fully saturated rings. The first-order valence-electron chi connectivity index (χ1n) is 3.96. The van der Waals surface area contributed by atoms with Gasteiger partial charge in [0.2, 0.25) is 0 Å². The Bertz CT molecular complexity index is 365. The SMILES string of the molecule is COC(=O)c1cc(SCNC(N)=S)cs1. The summed E-state index contributed by atoms with van der Waals surface area (Å²) in [4.78, 5) is 12.7. The first-order valence-corrected chi connectivity index (χ1v) is 6.24. The van der Waals surface area contributed by atoms with Gasteiger partial charge in [-0.15, -0.1) is 23.1 Å². The van der Waals surface area contributed by atoms with Crippen LogP contribution in [0.1, 0.15) is 9.67 Å². The number of thioether (sulfide) groups is 1. The summed E-state index contributed by atoms with van der Waals surface area (Å²) in [6.07, 6.45) is 0. The molecule has 3 N–H and O–H groups in total. The highest BCUT2D eigenvalue weighted by Gasteiger charge is 2.08. The van der Waals surface area contributed by atoms with Gasteiger partial charge in [0.15, 0.2) is 5.11 Å². The maximum Gasteiger partial charge on any atom is 0.348 e. The quantitative estimate of drug-likeness (QED) is 0.370. The van der Waals surface area contributed by atoms with E-state index in [0.29, 0.717) is 10.8 Å². The summed E-state index contributed by atoms with van der Waals surface area (Å²) in [5, 5.41) is 4.96. The zero-order chi connectivity index (χ0) is 11.3. The van der Waals surface area contributed by atoms with Crippen LogP contribution in [0.4, 0.5) is 0 Å². The maximum atomic E-state index is 11.1. The van der Waals surface area contributed by atoms with Crippen LogP contribution < -0.4 is 11.1 Å². The van der Waals surface area contributed by atoms with Gasteiger partial charge in [-0.05, 0) is 18.3 Å². The van der Waals surface area contributed by atoms with Crippen LogP contribution >= 0.6 is 35.3 Å². The highest BCUT2D eigenvalue weighted by atomic mass is 32.2. The molecule has 1 aromatic rings. The van der Waals surface area contributed by atoms with Gasteiger partial charge in [-0.3, -0.25) is 0 Å². The molecule has 0 saturated carbocycles. The van der Waals surface area contributed by atoms with Crippen LogP contribution in [-0.4, -0.2) is 24.1 Å². The highest BCUT2D eigenvalue weighted by molar-refractivity contribution is 7.99. The Morgan fingerprint density at radius 2 is 2.53 bits per heavy atom. The molecule has 7 heteroatoms. The minimum atomic E-state index is -0.311. The van der Waals surface area contributed by atoms with E-state index in [9.17, 15) is 4.79 Å². The third-order valence-corrected chi connectivity index (χ3v) is 3.51. The van der Waals surface area contributed by atoms with Gasteiger partial charge in [0.1, 0.15) is 4.88 Å². The second-order valence-corrected chi connectivity index (χ2v) is 4.87. The minimum Gasteiger partial charge on any atom is -0.465 e. The number of thiocarbonyl (C=S) groups is 1. The zero-order valence-electron chi connectivity index (χ0n) is 7.98. The fourth-order valence-corrected chi connectivity index (χ4v) is 2.73. The number of esters is 1. The number of carbonyl (C=O) groups is 1. The van der Waals surface area contributed by atoms with Gasteiger partial charge >= 0.3 is 5.97 Å². The molecule has 15 heavy (non-hydrogen) atoms. The Labute approximate surface area is 101 Å². The molecule has 0 aliphatic rings. The van der Waals surface area contributed by atoms with Crippen LogP contribution in [0.3, 0.4) is 0 Å². The van der Waals surface area contributed by atoms with Gasteiger partial charge < -0.3 is 15.8 Å². The average molecular weight is 262 g/mol.